The summed E-state index contributed by atoms with van der Waals surface area (Å²) in [6.07, 6.45) is 3.89. The molecule has 0 radical (unpaired) electrons. The molecule has 2 aliphatic carbocycles. The maximum atomic E-state index is 4.07. The quantitative estimate of drug-likeness (QED) is 0.226. The van der Waals surface area contributed by atoms with E-state index in [2.05, 4.69) is 122 Å². The lowest BCUT2D eigenvalue weighted by atomic mass is 9.70. The van der Waals surface area contributed by atoms with Gasteiger partial charge >= 0.3 is 0 Å². The van der Waals surface area contributed by atoms with Crippen LogP contribution in [0.2, 0.25) is 0 Å². The van der Waals surface area contributed by atoms with Crippen molar-refractivity contribution in [3.05, 3.63) is 155 Å². The fraction of sp³-hybridized carbons (Fsp3) is 0.0270. The molecule has 0 nitrogen and oxygen atoms in total. The van der Waals surface area contributed by atoms with Crippen LogP contribution in [0.3, 0.4) is 0 Å². The molecule has 2 aliphatic rings. The third-order valence-electron chi connectivity index (χ3n) is 8.48. The van der Waals surface area contributed by atoms with Crippen molar-refractivity contribution >= 4 is 33.6 Å². The molecule has 0 atom stereocenters. The first-order chi connectivity index (χ1) is 18.8. The zero-order valence-corrected chi connectivity index (χ0v) is 21.7. The molecular formula is C37H24S. The van der Waals surface area contributed by atoms with E-state index in [0.717, 1.165) is 0 Å². The Labute approximate surface area is 226 Å². The molecule has 0 amide bonds. The molecule has 1 aromatic heterocycles. The molecule has 1 heterocycles. The van der Waals surface area contributed by atoms with Crippen molar-refractivity contribution < 1.29 is 0 Å². The normalized spacial score (nSPS) is 13.7. The Morgan fingerprint density at radius 2 is 1.05 bits per heavy atom. The van der Waals surface area contributed by atoms with Crippen LogP contribution in [-0.2, 0) is 5.41 Å². The highest BCUT2D eigenvalue weighted by Crippen LogP contribution is 2.62. The van der Waals surface area contributed by atoms with Crippen molar-refractivity contribution in [1.29, 1.82) is 0 Å². The van der Waals surface area contributed by atoms with E-state index in [1.165, 1.54) is 76.2 Å². The van der Waals surface area contributed by atoms with E-state index in [0.29, 0.717) is 0 Å². The molecule has 8 rings (SSSR count). The minimum absolute atomic E-state index is 0.288. The topological polar surface area (TPSA) is 0 Å². The zero-order valence-electron chi connectivity index (χ0n) is 20.9. The minimum Gasteiger partial charge on any atom is -0.135 e. The third-order valence-corrected chi connectivity index (χ3v) is 9.66. The van der Waals surface area contributed by atoms with Crippen LogP contribution in [0.25, 0.3) is 55.6 Å². The van der Waals surface area contributed by atoms with Crippen molar-refractivity contribution in [3.63, 3.8) is 0 Å². The van der Waals surface area contributed by atoms with Crippen LogP contribution in [0, 0.1) is 0 Å². The van der Waals surface area contributed by atoms with Gasteiger partial charge in [-0.05, 0) is 79.4 Å². The van der Waals surface area contributed by atoms with Gasteiger partial charge in [0.25, 0.3) is 0 Å². The van der Waals surface area contributed by atoms with E-state index in [1.807, 2.05) is 12.2 Å². The van der Waals surface area contributed by atoms with E-state index in [9.17, 15) is 0 Å². The van der Waals surface area contributed by atoms with Gasteiger partial charge in [-0.1, -0.05) is 116 Å². The van der Waals surface area contributed by atoms with Crippen molar-refractivity contribution in [3.8, 4) is 33.4 Å². The second-order valence-electron chi connectivity index (χ2n) is 10.1. The summed E-state index contributed by atoms with van der Waals surface area (Å²) in [6.45, 7) is 8.08. The maximum absolute atomic E-state index is 4.07. The van der Waals surface area contributed by atoms with Crippen molar-refractivity contribution in [2.24, 2.45) is 0 Å². The second-order valence-corrected chi connectivity index (χ2v) is 11.2. The van der Waals surface area contributed by atoms with E-state index in [-0.39, 0.29) is 5.41 Å². The first-order valence-corrected chi connectivity index (χ1v) is 13.8. The van der Waals surface area contributed by atoms with Gasteiger partial charge in [0.2, 0.25) is 0 Å². The number of hydrogen-bond acceptors (Lipinski definition) is 1. The fourth-order valence-corrected chi connectivity index (χ4v) is 7.99. The second kappa shape index (κ2) is 7.77. The Morgan fingerprint density at radius 3 is 1.66 bits per heavy atom. The van der Waals surface area contributed by atoms with Crippen molar-refractivity contribution in [2.45, 2.75) is 5.41 Å². The molecule has 0 unspecified atom stereocenters. The van der Waals surface area contributed by atoms with Crippen molar-refractivity contribution in [1.82, 2.24) is 0 Å². The Kier molecular flexibility index (Phi) is 4.42. The van der Waals surface area contributed by atoms with Gasteiger partial charge in [-0.15, -0.1) is 11.3 Å². The zero-order chi connectivity index (χ0) is 25.4. The predicted octanol–water partition coefficient (Wildman–Crippen LogP) is 10.2. The average molecular weight is 501 g/mol. The lowest BCUT2D eigenvalue weighted by Crippen LogP contribution is -2.25. The summed E-state index contributed by atoms with van der Waals surface area (Å²) >= 11 is 1.77. The van der Waals surface area contributed by atoms with Crippen molar-refractivity contribution in [2.75, 3.05) is 0 Å². The lowest BCUT2D eigenvalue weighted by Gasteiger charge is -2.30. The summed E-state index contributed by atoms with van der Waals surface area (Å²) in [5.41, 5.74) is 14.2. The maximum Gasteiger partial charge on any atom is 0.0725 e. The molecule has 0 fully saturated rings. The molecule has 0 bridgehead atoms. The Hall–Kier alpha value is -4.46. The van der Waals surface area contributed by atoms with Gasteiger partial charge in [0.05, 0.1) is 5.41 Å². The molecule has 0 N–H and O–H groups in total. The van der Waals surface area contributed by atoms with Gasteiger partial charge in [-0.25, -0.2) is 0 Å². The fourth-order valence-electron chi connectivity index (χ4n) is 6.96. The molecule has 0 saturated carbocycles. The summed E-state index contributed by atoms with van der Waals surface area (Å²) in [6, 6.07) is 40.8. The largest absolute Gasteiger partial charge is 0.135 e. The molecule has 178 valence electrons. The summed E-state index contributed by atoms with van der Waals surface area (Å²) in [5.74, 6) is 0. The molecule has 1 heteroatoms. The summed E-state index contributed by atoms with van der Waals surface area (Å²) in [5, 5.41) is 1.24. The first kappa shape index (κ1) is 21.6. The number of benzene rings is 5. The summed E-state index contributed by atoms with van der Waals surface area (Å²) < 4.78 is 1.27. The molecule has 0 saturated heterocycles. The van der Waals surface area contributed by atoms with Gasteiger partial charge in [0.15, 0.2) is 0 Å². The number of fused-ring (bicyclic) bond motifs is 11. The molecule has 0 aliphatic heterocycles. The van der Waals surface area contributed by atoms with Crippen LogP contribution in [0.4, 0.5) is 0 Å². The van der Waals surface area contributed by atoms with Gasteiger partial charge in [0.1, 0.15) is 0 Å². The summed E-state index contributed by atoms with van der Waals surface area (Å²) in [4.78, 5) is 1.18. The molecule has 38 heavy (non-hydrogen) atoms. The minimum atomic E-state index is -0.288. The van der Waals surface area contributed by atoms with Gasteiger partial charge in [-0.3, -0.25) is 0 Å². The van der Waals surface area contributed by atoms with Gasteiger partial charge < -0.3 is 0 Å². The highest BCUT2D eigenvalue weighted by Gasteiger charge is 2.51. The monoisotopic (exact) mass is 500 g/mol. The average Bonchev–Trinajstić information content (AvgIpc) is 3.60. The smallest absolute Gasteiger partial charge is 0.0725 e. The highest BCUT2D eigenvalue weighted by atomic mass is 32.1. The van der Waals surface area contributed by atoms with Crippen LogP contribution < -0.4 is 0 Å². The van der Waals surface area contributed by atoms with E-state index in [4.69, 9.17) is 0 Å². The molecule has 5 aromatic carbocycles. The molecular weight excluding hydrogens is 476 g/mol. The number of thiophene rings is 1. The first-order valence-electron chi connectivity index (χ1n) is 13.0. The van der Waals surface area contributed by atoms with E-state index < -0.39 is 0 Å². The predicted molar refractivity (Wildman–Crippen MR) is 164 cm³/mol. The SMILES string of the molecule is C=Cc1sc2ccc(-c3ccc4c(c3)-c3ccccc3C43c4ccccc4-c4ccccc43)cc2c1C=C. The van der Waals surface area contributed by atoms with Crippen LogP contribution in [0.1, 0.15) is 32.7 Å². The van der Waals surface area contributed by atoms with Crippen LogP contribution in [-0.4, -0.2) is 0 Å². The number of hydrogen-bond donors (Lipinski definition) is 0. The Bertz CT molecular complexity index is 1920. The van der Waals surface area contributed by atoms with Crippen LogP contribution in [0.5, 0.6) is 0 Å². The lowest BCUT2D eigenvalue weighted by molar-refractivity contribution is 0.794. The van der Waals surface area contributed by atoms with Gasteiger partial charge in [0, 0.05) is 15.0 Å². The highest BCUT2D eigenvalue weighted by molar-refractivity contribution is 7.20. The molecule has 6 aromatic rings. The number of rotatable bonds is 3. The van der Waals surface area contributed by atoms with E-state index in [1.54, 1.807) is 11.3 Å². The summed E-state index contributed by atoms with van der Waals surface area (Å²) in [7, 11) is 0. The Balaban J connectivity index is 1.40. The van der Waals surface area contributed by atoms with Gasteiger partial charge in [-0.2, -0.15) is 0 Å². The molecule has 1 spiro atoms. The van der Waals surface area contributed by atoms with E-state index >= 15 is 0 Å². The third kappa shape index (κ3) is 2.59. The standard InChI is InChI=1S/C37H24S/c1-3-25-30-22-24(18-20-36(30)38-35(25)4-2)23-17-19-34-29(21-23)28-13-7-10-16-33(28)37(34)31-14-8-5-11-26(31)27-12-6-9-15-32(27)37/h3-22H,1-2H2. The van der Waals surface area contributed by atoms with Crippen LogP contribution >= 0.6 is 11.3 Å². The van der Waals surface area contributed by atoms with Crippen LogP contribution in [0.15, 0.2) is 122 Å². The Morgan fingerprint density at radius 1 is 0.526 bits per heavy atom.